The number of alkyl halides is 3. The highest BCUT2D eigenvalue weighted by molar-refractivity contribution is 7.89. The number of likely N-dealkylation sites (N-methyl/N-ethyl adjacent to an activating group) is 1. The van der Waals surface area contributed by atoms with E-state index in [0.717, 1.165) is 38.1 Å². The summed E-state index contributed by atoms with van der Waals surface area (Å²) in [7, 11) is -3.94. The molecule has 1 fully saturated rings. The molecule has 132 valence electrons. The largest absolute Gasteiger partial charge is 0.416 e. The zero-order valence-electron chi connectivity index (χ0n) is 12.6. The molecule has 1 aromatic rings. The number of hydrogen-bond acceptors (Lipinski definition) is 3. The van der Waals surface area contributed by atoms with Gasteiger partial charge in [0.2, 0.25) is 10.0 Å². The van der Waals surface area contributed by atoms with Gasteiger partial charge in [-0.05, 0) is 44.1 Å². The third kappa shape index (κ3) is 5.07. The highest BCUT2D eigenvalue weighted by Crippen LogP contribution is 2.30. The van der Waals surface area contributed by atoms with Crippen LogP contribution in [-0.4, -0.2) is 39.0 Å². The van der Waals surface area contributed by atoms with Crippen LogP contribution in [0.5, 0.6) is 0 Å². The zero-order valence-corrected chi connectivity index (χ0v) is 14.3. The van der Waals surface area contributed by atoms with Crippen LogP contribution in [0.1, 0.15) is 25.3 Å². The van der Waals surface area contributed by atoms with Crippen LogP contribution >= 0.6 is 12.4 Å². The Kier molecular flexibility index (Phi) is 6.88. The number of nitrogens with one attached hydrogen (secondary N) is 1. The van der Waals surface area contributed by atoms with E-state index in [1.165, 1.54) is 6.07 Å². The first-order valence-corrected chi connectivity index (χ1v) is 8.63. The molecule has 1 atom stereocenters. The molecule has 0 aromatic heterocycles. The number of sulfonamides is 1. The van der Waals surface area contributed by atoms with Gasteiger partial charge in [0.25, 0.3) is 0 Å². The Balaban J connectivity index is 0.00000264. The van der Waals surface area contributed by atoms with E-state index in [4.69, 9.17) is 0 Å². The number of nitrogens with zero attached hydrogens (tertiary/aromatic N) is 1. The summed E-state index contributed by atoms with van der Waals surface area (Å²) >= 11 is 0. The van der Waals surface area contributed by atoms with E-state index in [2.05, 4.69) is 9.62 Å². The smallest absolute Gasteiger partial charge is 0.299 e. The van der Waals surface area contributed by atoms with E-state index in [1.807, 2.05) is 6.92 Å². The van der Waals surface area contributed by atoms with Crippen molar-refractivity contribution < 1.29 is 21.6 Å². The van der Waals surface area contributed by atoms with Crippen molar-refractivity contribution in [3.05, 3.63) is 29.8 Å². The lowest BCUT2D eigenvalue weighted by Crippen LogP contribution is -2.40. The van der Waals surface area contributed by atoms with Crippen LogP contribution in [-0.2, 0) is 16.2 Å². The summed E-state index contributed by atoms with van der Waals surface area (Å²) in [6.45, 7) is 3.97. The Labute approximate surface area is 140 Å². The Morgan fingerprint density at radius 2 is 2.04 bits per heavy atom. The van der Waals surface area contributed by atoms with Gasteiger partial charge in [-0.25, -0.2) is 13.1 Å². The van der Waals surface area contributed by atoms with Gasteiger partial charge < -0.3 is 0 Å². The Hall–Kier alpha value is -0.830. The first-order chi connectivity index (χ1) is 10.2. The second-order valence-electron chi connectivity index (χ2n) is 5.30. The highest BCUT2D eigenvalue weighted by Gasteiger charge is 2.32. The molecule has 0 bridgehead atoms. The normalized spacial score (nSPS) is 19.6. The van der Waals surface area contributed by atoms with E-state index in [1.54, 1.807) is 0 Å². The fourth-order valence-corrected chi connectivity index (χ4v) is 3.79. The molecule has 2 rings (SSSR count). The van der Waals surface area contributed by atoms with Crippen molar-refractivity contribution in [2.45, 2.75) is 36.9 Å². The third-order valence-corrected chi connectivity index (χ3v) is 5.31. The van der Waals surface area contributed by atoms with Crippen molar-refractivity contribution in [1.29, 1.82) is 0 Å². The monoisotopic (exact) mass is 372 g/mol. The minimum absolute atomic E-state index is 0. The molecule has 23 heavy (non-hydrogen) atoms. The molecule has 0 aliphatic carbocycles. The third-order valence-electron chi connectivity index (χ3n) is 3.89. The maximum absolute atomic E-state index is 12.7. The van der Waals surface area contributed by atoms with Gasteiger partial charge in [0.15, 0.2) is 0 Å². The number of halogens is 4. The van der Waals surface area contributed by atoms with Gasteiger partial charge in [-0.15, -0.1) is 12.4 Å². The molecular weight excluding hydrogens is 353 g/mol. The Morgan fingerprint density at radius 1 is 1.35 bits per heavy atom. The van der Waals surface area contributed by atoms with Crippen LogP contribution in [0.15, 0.2) is 29.2 Å². The number of rotatable bonds is 5. The van der Waals surface area contributed by atoms with Gasteiger partial charge in [-0.3, -0.25) is 4.90 Å². The number of benzene rings is 1. The van der Waals surface area contributed by atoms with Crippen molar-refractivity contribution in [2.24, 2.45) is 0 Å². The van der Waals surface area contributed by atoms with Crippen molar-refractivity contribution in [3.63, 3.8) is 0 Å². The molecule has 1 unspecified atom stereocenters. The second kappa shape index (κ2) is 7.83. The van der Waals surface area contributed by atoms with Crippen molar-refractivity contribution in [2.75, 3.05) is 19.6 Å². The highest BCUT2D eigenvalue weighted by atomic mass is 35.5. The van der Waals surface area contributed by atoms with Crippen LogP contribution in [0.3, 0.4) is 0 Å². The lowest BCUT2D eigenvalue weighted by molar-refractivity contribution is -0.137. The standard InChI is InChI=1S/C14H19F3N2O2S.ClH/c1-2-19-8-4-6-12(19)10-18-22(20,21)13-7-3-5-11(9-13)14(15,16)17;/h3,5,7,9,12,18H,2,4,6,8,10H2,1H3;1H. The topological polar surface area (TPSA) is 49.4 Å². The van der Waals surface area contributed by atoms with Crippen molar-refractivity contribution >= 4 is 22.4 Å². The van der Waals surface area contributed by atoms with Crippen LogP contribution in [0.25, 0.3) is 0 Å². The van der Waals surface area contributed by atoms with E-state index in [9.17, 15) is 21.6 Å². The van der Waals surface area contributed by atoms with E-state index >= 15 is 0 Å². The predicted molar refractivity (Wildman–Crippen MR) is 84.1 cm³/mol. The van der Waals surface area contributed by atoms with Crippen LogP contribution in [0.2, 0.25) is 0 Å². The summed E-state index contributed by atoms with van der Waals surface area (Å²) in [6.07, 6.45) is -2.67. The molecular formula is C14H20ClF3N2O2S. The van der Waals surface area contributed by atoms with Gasteiger partial charge in [0.05, 0.1) is 10.5 Å². The fourth-order valence-electron chi connectivity index (χ4n) is 2.67. The van der Waals surface area contributed by atoms with Gasteiger partial charge in [0, 0.05) is 12.6 Å². The van der Waals surface area contributed by atoms with Crippen molar-refractivity contribution in [3.8, 4) is 0 Å². The minimum Gasteiger partial charge on any atom is -0.299 e. The van der Waals surface area contributed by atoms with E-state index in [0.29, 0.717) is 6.07 Å². The minimum atomic E-state index is -4.56. The molecule has 1 aliphatic rings. The Bertz CT molecular complexity index is 623. The summed E-state index contributed by atoms with van der Waals surface area (Å²) in [6, 6.07) is 3.89. The second-order valence-corrected chi connectivity index (χ2v) is 7.07. The predicted octanol–water partition coefficient (Wildman–Crippen LogP) is 2.89. The summed E-state index contributed by atoms with van der Waals surface area (Å²) in [4.78, 5) is 1.80. The summed E-state index contributed by atoms with van der Waals surface area (Å²) in [5.74, 6) is 0. The molecule has 0 amide bonds. The van der Waals surface area contributed by atoms with Crippen LogP contribution < -0.4 is 4.72 Å². The average molecular weight is 373 g/mol. The van der Waals surface area contributed by atoms with Gasteiger partial charge >= 0.3 is 6.18 Å². The molecule has 1 heterocycles. The lowest BCUT2D eigenvalue weighted by atomic mass is 10.2. The molecule has 1 N–H and O–H groups in total. The van der Waals surface area contributed by atoms with E-state index in [-0.39, 0.29) is 29.9 Å². The first kappa shape index (κ1) is 20.2. The number of likely N-dealkylation sites (tertiary alicyclic amines) is 1. The molecule has 0 spiro atoms. The number of hydrogen-bond donors (Lipinski definition) is 1. The summed E-state index contributed by atoms with van der Waals surface area (Å²) < 4.78 is 64.7. The SMILES string of the molecule is CCN1CCCC1CNS(=O)(=O)c1cccc(C(F)(F)F)c1.Cl. The average Bonchev–Trinajstić information content (AvgIpc) is 2.92. The fraction of sp³-hybridized carbons (Fsp3) is 0.571. The molecule has 4 nitrogen and oxygen atoms in total. The maximum atomic E-state index is 12.7. The quantitative estimate of drug-likeness (QED) is 0.864. The van der Waals surface area contributed by atoms with Crippen LogP contribution in [0, 0.1) is 0 Å². The molecule has 1 aliphatic heterocycles. The van der Waals surface area contributed by atoms with Gasteiger partial charge in [0.1, 0.15) is 0 Å². The molecule has 9 heteroatoms. The van der Waals surface area contributed by atoms with Crippen LogP contribution in [0.4, 0.5) is 13.2 Å². The first-order valence-electron chi connectivity index (χ1n) is 7.15. The Morgan fingerprint density at radius 3 is 2.65 bits per heavy atom. The molecule has 0 saturated carbocycles. The van der Waals surface area contributed by atoms with E-state index < -0.39 is 21.8 Å². The van der Waals surface area contributed by atoms with Gasteiger partial charge in [-0.1, -0.05) is 13.0 Å². The molecule has 1 saturated heterocycles. The summed E-state index contributed by atoms with van der Waals surface area (Å²) in [5, 5.41) is 0. The van der Waals surface area contributed by atoms with Gasteiger partial charge in [-0.2, -0.15) is 13.2 Å². The van der Waals surface area contributed by atoms with Crippen molar-refractivity contribution in [1.82, 2.24) is 9.62 Å². The molecule has 1 aromatic carbocycles. The molecule has 0 radical (unpaired) electrons. The zero-order chi connectivity index (χ0) is 16.4. The summed E-state index contributed by atoms with van der Waals surface area (Å²) in [5.41, 5.74) is -0.966. The lowest BCUT2D eigenvalue weighted by Gasteiger charge is -2.22. The maximum Gasteiger partial charge on any atom is 0.416 e.